The van der Waals surface area contributed by atoms with E-state index >= 15 is 0 Å². The molecule has 0 aromatic heterocycles. The van der Waals surface area contributed by atoms with Gasteiger partial charge in [0.15, 0.2) is 6.10 Å². The fraction of sp³-hybridized carbons (Fsp3) is 0.462. The molecule has 0 aliphatic heterocycles. The van der Waals surface area contributed by atoms with E-state index in [4.69, 9.17) is 4.74 Å². The molecule has 0 saturated heterocycles. The highest BCUT2D eigenvalue weighted by atomic mass is 16.5. The van der Waals surface area contributed by atoms with Gasteiger partial charge in [-0.1, -0.05) is 30.3 Å². The lowest BCUT2D eigenvalue weighted by Crippen LogP contribution is -2.35. The molecule has 0 spiro atoms. The number of rotatable bonds is 5. The van der Waals surface area contributed by atoms with E-state index in [-0.39, 0.29) is 5.91 Å². The minimum atomic E-state index is -0.485. The molecule has 0 heterocycles. The van der Waals surface area contributed by atoms with Crippen molar-refractivity contribution in [3.8, 4) is 0 Å². The van der Waals surface area contributed by atoms with Crippen LogP contribution in [0, 0.1) is 0 Å². The normalized spacial score (nSPS) is 12.2. The Morgan fingerprint density at radius 3 is 2.25 bits per heavy atom. The maximum atomic E-state index is 12.1. The lowest BCUT2D eigenvalue weighted by Gasteiger charge is -2.24. The molecule has 0 fully saturated rings. The van der Waals surface area contributed by atoms with Crippen molar-refractivity contribution >= 4 is 5.91 Å². The van der Waals surface area contributed by atoms with E-state index in [1.54, 1.807) is 12.0 Å². The van der Waals surface area contributed by atoms with E-state index in [2.05, 4.69) is 0 Å². The van der Waals surface area contributed by atoms with Crippen molar-refractivity contribution < 1.29 is 9.53 Å². The third kappa shape index (κ3) is 2.83. The Morgan fingerprint density at radius 1 is 1.25 bits per heavy atom. The summed E-state index contributed by atoms with van der Waals surface area (Å²) in [4.78, 5) is 13.9. The first-order valence-electron chi connectivity index (χ1n) is 5.61. The van der Waals surface area contributed by atoms with Crippen LogP contribution in [0.1, 0.15) is 25.5 Å². The highest BCUT2D eigenvalue weighted by molar-refractivity contribution is 5.82. The Hall–Kier alpha value is -1.35. The van der Waals surface area contributed by atoms with E-state index in [0.29, 0.717) is 13.1 Å². The average Bonchev–Trinajstić information content (AvgIpc) is 2.33. The van der Waals surface area contributed by atoms with Gasteiger partial charge < -0.3 is 9.64 Å². The number of carbonyl (C=O) groups excluding carboxylic acids is 1. The first-order valence-corrected chi connectivity index (χ1v) is 5.61. The van der Waals surface area contributed by atoms with Crippen LogP contribution in [0.2, 0.25) is 0 Å². The Labute approximate surface area is 97.0 Å². The number of benzene rings is 1. The van der Waals surface area contributed by atoms with Crippen LogP contribution in [0.5, 0.6) is 0 Å². The number of nitrogens with zero attached hydrogens (tertiary/aromatic N) is 1. The van der Waals surface area contributed by atoms with Gasteiger partial charge in [0.25, 0.3) is 5.91 Å². The van der Waals surface area contributed by atoms with Crippen LogP contribution in [0.4, 0.5) is 0 Å². The van der Waals surface area contributed by atoms with Gasteiger partial charge in [0.1, 0.15) is 0 Å². The summed E-state index contributed by atoms with van der Waals surface area (Å²) in [7, 11) is 1.57. The Morgan fingerprint density at radius 2 is 1.81 bits per heavy atom. The predicted octanol–water partition coefficient (Wildman–Crippen LogP) is 2.24. The van der Waals surface area contributed by atoms with E-state index in [0.717, 1.165) is 5.56 Å². The van der Waals surface area contributed by atoms with Crippen LogP contribution in [0.15, 0.2) is 30.3 Å². The van der Waals surface area contributed by atoms with E-state index in [1.165, 1.54) is 0 Å². The maximum absolute atomic E-state index is 12.1. The molecule has 1 amide bonds. The lowest BCUT2D eigenvalue weighted by atomic mass is 10.1. The van der Waals surface area contributed by atoms with Gasteiger partial charge in [-0.05, 0) is 19.4 Å². The van der Waals surface area contributed by atoms with Gasteiger partial charge in [0, 0.05) is 20.2 Å². The zero-order valence-corrected chi connectivity index (χ0v) is 10.1. The molecule has 1 rings (SSSR count). The van der Waals surface area contributed by atoms with E-state index < -0.39 is 6.10 Å². The fourth-order valence-electron chi connectivity index (χ4n) is 1.71. The molecule has 1 atom stereocenters. The Bertz CT molecular complexity index is 320. The molecular formula is C13H19NO2. The molecule has 16 heavy (non-hydrogen) atoms. The van der Waals surface area contributed by atoms with Crippen molar-refractivity contribution in [3.05, 3.63) is 35.9 Å². The summed E-state index contributed by atoms with van der Waals surface area (Å²) in [6, 6.07) is 9.58. The molecular weight excluding hydrogens is 202 g/mol. The standard InChI is InChI=1S/C13H19NO2/c1-4-14(5-2)13(15)12(16-3)11-9-7-6-8-10-11/h6-10,12H,4-5H2,1-3H3. The predicted molar refractivity (Wildman–Crippen MR) is 64.1 cm³/mol. The zero-order chi connectivity index (χ0) is 12.0. The summed E-state index contributed by atoms with van der Waals surface area (Å²) >= 11 is 0. The number of amides is 1. The first kappa shape index (κ1) is 12.7. The summed E-state index contributed by atoms with van der Waals surface area (Å²) in [6.45, 7) is 5.36. The highest BCUT2D eigenvalue weighted by Gasteiger charge is 2.23. The quantitative estimate of drug-likeness (QED) is 0.763. The summed E-state index contributed by atoms with van der Waals surface area (Å²) in [5.41, 5.74) is 0.905. The van der Waals surface area contributed by atoms with Gasteiger partial charge in [-0.3, -0.25) is 4.79 Å². The number of carbonyl (C=O) groups is 1. The smallest absolute Gasteiger partial charge is 0.256 e. The number of methoxy groups -OCH3 is 1. The van der Waals surface area contributed by atoms with Crippen LogP contribution in [-0.4, -0.2) is 31.0 Å². The zero-order valence-electron chi connectivity index (χ0n) is 10.1. The van der Waals surface area contributed by atoms with Crippen molar-refractivity contribution in [3.63, 3.8) is 0 Å². The lowest BCUT2D eigenvalue weighted by molar-refractivity contribution is -0.142. The van der Waals surface area contributed by atoms with Gasteiger partial charge in [-0.25, -0.2) is 0 Å². The van der Waals surface area contributed by atoms with Crippen LogP contribution < -0.4 is 0 Å². The molecule has 1 aromatic rings. The monoisotopic (exact) mass is 221 g/mol. The van der Waals surface area contributed by atoms with Gasteiger partial charge in [-0.2, -0.15) is 0 Å². The molecule has 0 bridgehead atoms. The second-order valence-electron chi connectivity index (χ2n) is 3.54. The maximum Gasteiger partial charge on any atom is 0.256 e. The molecule has 1 unspecified atom stereocenters. The van der Waals surface area contributed by atoms with Crippen molar-refractivity contribution in [2.24, 2.45) is 0 Å². The van der Waals surface area contributed by atoms with E-state index in [1.807, 2.05) is 44.2 Å². The van der Waals surface area contributed by atoms with E-state index in [9.17, 15) is 4.79 Å². The van der Waals surface area contributed by atoms with Crippen molar-refractivity contribution in [2.45, 2.75) is 20.0 Å². The minimum Gasteiger partial charge on any atom is -0.367 e. The number of hydrogen-bond acceptors (Lipinski definition) is 2. The van der Waals surface area contributed by atoms with Crippen molar-refractivity contribution in [1.82, 2.24) is 4.90 Å². The van der Waals surface area contributed by atoms with Crippen molar-refractivity contribution in [1.29, 1.82) is 0 Å². The van der Waals surface area contributed by atoms with Crippen LogP contribution >= 0.6 is 0 Å². The molecule has 1 aromatic carbocycles. The molecule has 0 aliphatic rings. The number of hydrogen-bond donors (Lipinski definition) is 0. The van der Waals surface area contributed by atoms with Crippen molar-refractivity contribution in [2.75, 3.05) is 20.2 Å². The summed E-state index contributed by atoms with van der Waals surface area (Å²) in [5, 5.41) is 0. The van der Waals surface area contributed by atoms with Gasteiger partial charge in [-0.15, -0.1) is 0 Å². The summed E-state index contributed by atoms with van der Waals surface area (Å²) in [5.74, 6) is 0.0266. The highest BCUT2D eigenvalue weighted by Crippen LogP contribution is 2.18. The Balaban J connectivity index is 2.86. The molecule has 0 radical (unpaired) electrons. The summed E-state index contributed by atoms with van der Waals surface area (Å²) < 4.78 is 5.29. The molecule has 3 nitrogen and oxygen atoms in total. The number of ether oxygens (including phenoxy) is 1. The molecule has 3 heteroatoms. The topological polar surface area (TPSA) is 29.5 Å². The van der Waals surface area contributed by atoms with Crippen LogP contribution in [0.3, 0.4) is 0 Å². The SMILES string of the molecule is CCN(CC)C(=O)C(OC)c1ccccc1. The molecule has 0 N–H and O–H groups in total. The minimum absolute atomic E-state index is 0.0266. The van der Waals surface area contributed by atoms with Crippen LogP contribution in [0.25, 0.3) is 0 Å². The van der Waals surface area contributed by atoms with Gasteiger partial charge in [0.2, 0.25) is 0 Å². The first-order chi connectivity index (χ1) is 7.74. The third-order valence-electron chi connectivity index (χ3n) is 2.64. The third-order valence-corrected chi connectivity index (χ3v) is 2.64. The fourth-order valence-corrected chi connectivity index (χ4v) is 1.71. The average molecular weight is 221 g/mol. The van der Waals surface area contributed by atoms with Crippen LogP contribution in [-0.2, 0) is 9.53 Å². The second kappa shape index (κ2) is 6.28. The largest absolute Gasteiger partial charge is 0.367 e. The summed E-state index contributed by atoms with van der Waals surface area (Å²) in [6.07, 6.45) is -0.485. The molecule has 0 aliphatic carbocycles. The van der Waals surface area contributed by atoms with Gasteiger partial charge in [0.05, 0.1) is 0 Å². The number of likely N-dealkylation sites (N-methyl/N-ethyl adjacent to an activating group) is 1. The second-order valence-corrected chi connectivity index (χ2v) is 3.54. The molecule has 88 valence electrons. The van der Waals surface area contributed by atoms with Gasteiger partial charge >= 0.3 is 0 Å². The molecule has 0 saturated carbocycles. The Kier molecular flexibility index (Phi) is 4.99.